The highest BCUT2D eigenvalue weighted by molar-refractivity contribution is 7.12. The predicted octanol–water partition coefficient (Wildman–Crippen LogP) is 3.43. The maximum absolute atomic E-state index is 12.4. The second kappa shape index (κ2) is 5.23. The Morgan fingerprint density at radius 2 is 2.17 bits per heavy atom. The van der Waals surface area contributed by atoms with Crippen LogP contribution in [0.15, 0.2) is 35.7 Å². The van der Waals surface area contributed by atoms with Crippen molar-refractivity contribution in [2.45, 2.75) is 13.8 Å². The second-order valence-corrected chi connectivity index (χ2v) is 4.95. The van der Waals surface area contributed by atoms with Gasteiger partial charge in [0.05, 0.1) is 10.6 Å². The number of hydrogen-bond donors (Lipinski definition) is 1. The van der Waals surface area contributed by atoms with Gasteiger partial charge in [-0.15, -0.1) is 11.3 Å². The van der Waals surface area contributed by atoms with Gasteiger partial charge in [-0.1, -0.05) is 12.1 Å². The quantitative estimate of drug-likeness (QED) is 0.919. The molecule has 2 rings (SSSR count). The van der Waals surface area contributed by atoms with Crippen molar-refractivity contribution in [1.29, 1.82) is 0 Å². The Balaban J connectivity index is 2.39. The largest absolute Gasteiger partial charge is 0.508 e. The fraction of sp³-hybridized carbons (Fsp3) is 0.214. The van der Waals surface area contributed by atoms with Gasteiger partial charge in [0.2, 0.25) is 0 Å². The summed E-state index contributed by atoms with van der Waals surface area (Å²) in [5.41, 5.74) is 1.73. The van der Waals surface area contributed by atoms with Crippen LogP contribution in [0.3, 0.4) is 0 Å². The zero-order chi connectivity index (χ0) is 13.1. The zero-order valence-electron chi connectivity index (χ0n) is 10.4. The van der Waals surface area contributed by atoms with Crippen molar-refractivity contribution < 1.29 is 9.90 Å². The molecule has 1 aromatic heterocycles. The first-order valence-electron chi connectivity index (χ1n) is 5.78. The highest BCUT2D eigenvalue weighted by Gasteiger charge is 2.18. The summed E-state index contributed by atoms with van der Waals surface area (Å²) in [5, 5.41) is 11.4. The van der Waals surface area contributed by atoms with Crippen LogP contribution in [0.1, 0.15) is 22.2 Å². The summed E-state index contributed by atoms with van der Waals surface area (Å²) in [6.45, 7) is 4.43. The lowest BCUT2D eigenvalue weighted by Gasteiger charge is -2.22. The maximum Gasteiger partial charge on any atom is 0.268 e. The molecule has 1 amide bonds. The van der Waals surface area contributed by atoms with Crippen LogP contribution in [0, 0.1) is 6.92 Å². The number of phenols is 1. The molecule has 1 heterocycles. The number of phenolic OH excluding ortho intramolecular Hbond substituents is 1. The second-order valence-electron chi connectivity index (χ2n) is 4.00. The molecular formula is C14H15NO2S. The molecule has 18 heavy (non-hydrogen) atoms. The van der Waals surface area contributed by atoms with E-state index in [1.54, 1.807) is 17.0 Å². The molecule has 0 bridgehead atoms. The Morgan fingerprint density at radius 3 is 2.78 bits per heavy atom. The molecule has 3 nitrogen and oxygen atoms in total. The lowest BCUT2D eigenvalue weighted by molar-refractivity contribution is 0.0992. The zero-order valence-corrected chi connectivity index (χ0v) is 11.2. The topological polar surface area (TPSA) is 40.5 Å². The smallest absolute Gasteiger partial charge is 0.268 e. The first kappa shape index (κ1) is 12.6. The number of hydrogen-bond acceptors (Lipinski definition) is 3. The fourth-order valence-corrected chi connectivity index (χ4v) is 2.52. The van der Waals surface area contributed by atoms with Gasteiger partial charge in [0.25, 0.3) is 5.91 Å². The first-order chi connectivity index (χ1) is 8.63. The summed E-state index contributed by atoms with van der Waals surface area (Å²) in [6, 6.07) is 8.75. The average Bonchev–Trinajstić information content (AvgIpc) is 2.88. The van der Waals surface area contributed by atoms with Crippen LogP contribution < -0.4 is 4.90 Å². The molecule has 0 aliphatic carbocycles. The van der Waals surface area contributed by atoms with E-state index in [0.717, 1.165) is 11.3 Å². The van der Waals surface area contributed by atoms with Gasteiger partial charge in [-0.25, -0.2) is 0 Å². The average molecular weight is 261 g/mol. The molecule has 0 saturated heterocycles. The lowest BCUT2D eigenvalue weighted by Crippen LogP contribution is -2.30. The minimum atomic E-state index is -0.0267. The molecule has 94 valence electrons. The number of aromatic hydroxyl groups is 1. The third-order valence-corrected chi connectivity index (χ3v) is 3.63. The Kier molecular flexibility index (Phi) is 3.67. The van der Waals surface area contributed by atoms with Crippen LogP contribution in [0.25, 0.3) is 0 Å². The molecule has 1 aromatic carbocycles. The van der Waals surface area contributed by atoms with Crippen molar-refractivity contribution in [3.63, 3.8) is 0 Å². The van der Waals surface area contributed by atoms with Gasteiger partial charge in [-0.3, -0.25) is 4.79 Å². The van der Waals surface area contributed by atoms with E-state index in [9.17, 15) is 9.90 Å². The van der Waals surface area contributed by atoms with E-state index in [4.69, 9.17) is 0 Å². The van der Waals surface area contributed by atoms with Crippen molar-refractivity contribution in [3.05, 3.63) is 46.2 Å². The highest BCUT2D eigenvalue weighted by Crippen LogP contribution is 2.27. The monoisotopic (exact) mass is 261 g/mol. The van der Waals surface area contributed by atoms with Gasteiger partial charge in [-0.2, -0.15) is 0 Å². The number of anilines is 1. The first-order valence-corrected chi connectivity index (χ1v) is 6.66. The molecule has 0 fully saturated rings. The maximum atomic E-state index is 12.4. The summed E-state index contributed by atoms with van der Waals surface area (Å²) in [4.78, 5) is 14.7. The number of rotatable bonds is 3. The molecule has 0 aliphatic rings. The third-order valence-electron chi connectivity index (χ3n) is 2.78. The number of benzene rings is 1. The predicted molar refractivity (Wildman–Crippen MR) is 74.5 cm³/mol. The van der Waals surface area contributed by atoms with E-state index in [0.29, 0.717) is 11.4 Å². The van der Waals surface area contributed by atoms with Crippen molar-refractivity contribution in [1.82, 2.24) is 0 Å². The number of aryl methyl sites for hydroxylation is 1. The van der Waals surface area contributed by atoms with Crippen LogP contribution in [0.5, 0.6) is 5.75 Å². The van der Waals surface area contributed by atoms with E-state index in [1.165, 1.54) is 11.3 Å². The minimum absolute atomic E-state index is 0.0267. The van der Waals surface area contributed by atoms with Gasteiger partial charge in [0.1, 0.15) is 5.75 Å². The van der Waals surface area contributed by atoms with Crippen LogP contribution >= 0.6 is 11.3 Å². The summed E-state index contributed by atoms with van der Waals surface area (Å²) in [5.74, 6) is 0.147. The normalized spacial score (nSPS) is 10.3. The summed E-state index contributed by atoms with van der Waals surface area (Å²) >= 11 is 1.43. The van der Waals surface area contributed by atoms with E-state index in [-0.39, 0.29) is 11.7 Å². The number of thiophene rings is 1. The highest BCUT2D eigenvalue weighted by atomic mass is 32.1. The number of carbonyl (C=O) groups excluding carboxylic acids is 1. The molecule has 0 unspecified atom stereocenters. The van der Waals surface area contributed by atoms with Crippen molar-refractivity contribution in [2.75, 3.05) is 11.4 Å². The fourth-order valence-electron chi connectivity index (χ4n) is 1.85. The molecule has 2 aromatic rings. The van der Waals surface area contributed by atoms with Gasteiger partial charge in [0, 0.05) is 12.6 Å². The number of amides is 1. The molecule has 0 saturated carbocycles. The SMILES string of the molecule is CCN(C(=O)c1cccs1)c1cc(O)ccc1C. The Bertz CT molecular complexity index is 549. The van der Waals surface area contributed by atoms with Crippen LogP contribution in [0.4, 0.5) is 5.69 Å². The third kappa shape index (κ3) is 2.38. The van der Waals surface area contributed by atoms with Crippen molar-refractivity contribution in [2.24, 2.45) is 0 Å². The summed E-state index contributed by atoms with van der Waals surface area (Å²) < 4.78 is 0. The van der Waals surface area contributed by atoms with Crippen molar-refractivity contribution in [3.8, 4) is 5.75 Å². The molecular weight excluding hydrogens is 246 g/mol. The molecule has 0 atom stereocenters. The molecule has 0 radical (unpaired) electrons. The van der Waals surface area contributed by atoms with Crippen LogP contribution in [0.2, 0.25) is 0 Å². The molecule has 1 N–H and O–H groups in total. The summed E-state index contributed by atoms with van der Waals surface area (Å²) in [7, 11) is 0. The van der Waals surface area contributed by atoms with E-state index in [2.05, 4.69) is 0 Å². The van der Waals surface area contributed by atoms with E-state index >= 15 is 0 Å². The summed E-state index contributed by atoms with van der Waals surface area (Å²) in [6.07, 6.45) is 0. The Hall–Kier alpha value is -1.81. The molecule has 0 spiro atoms. The van der Waals surface area contributed by atoms with Crippen LogP contribution in [-0.2, 0) is 0 Å². The number of nitrogens with zero attached hydrogens (tertiary/aromatic N) is 1. The van der Waals surface area contributed by atoms with E-state index in [1.807, 2.05) is 37.4 Å². The molecule has 0 aliphatic heterocycles. The van der Waals surface area contributed by atoms with Gasteiger partial charge in [-0.05, 0) is 36.9 Å². The van der Waals surface area contributed by atoms with Gasteiger partial charge >= 0.3 is 0 Å². The van der Waals surface area contributed by atoms with E-state index < -0.39 is 0 Å². The van der Waals surface area contributed by atoms with Crippen molar-refractivity contribution >= 4 is 22.9 Å². The van der Waals surface area contributed by atoms with Gasteiger partial charge < -0.3 is 10.0 Å². The Labute approximate surface area is 110 Å². The minimum Gasteiger partial charge on any atom is -0.508 e. The lowest BCUT2D eigenvalue weighted by atomic mass is 10.1. The van der Waals surface area contributed by atoms with Gasteiger partial charge in [0.15, 0.2) is 0 Å². The standard InChI is InChI=1S/C14H15NO2S/c1-3-15(14(17)13-5-4-8-18-13)12-9-11(16)7-6-10(12)2/h4-9,16H,3H2,1-2H3. The number of carbonyl (C=O) groups is 1. The van der Waals surface area contributed by atoms with Crippen LogP contribution in [-0.4, -0.2) is 17.6 Å². The molecule has 4 heteroatoms. The Morgan fingerprint density at radius 1 is 1.39 bits per heavy atom.